The second kappa shape index (κ2) is 12.9. The molecule has 6 heteroatoms. The molecule has 0 amide bonds. The van der Waals surface area contributed by atoms with Crippen LogP contribution in [0, 0.1) is 0 Å². The number of aliphatic imine (C=N–C) groups is 1. The molecule has 26 heavy (non-hydrogen) atoms. The Balaban J connectivity index is 2.21. The Labute approximate surface area is 162 Å². The highest BCUT2D eigenvalue weighted by molar-refractivity contribution is 7.84. The number of guanidine groups is 1. The van der Waals surface area contributed by atoms with Gasteiger partial charge in [-0.05, 0) is 39.7 Å². The average molecular weight is 381 g/mol. The van der Waals surface area contributed by atoms with E-state index in [1.54, 1.807) is 7.05 Å². The molecule has 1 rings (SSSR count). The van der Waals surface area contributed by atoms with Gasteiger partial charge in [-0.15, -0.1) is 0 Å². The second-order valence-electron chi connectivity index (χ2n) is 6.98. The summed E-state index contributed by atoms with van der Waals surface area (Å²) in [5.41, 5.74) is 1.12. The van der Waals surface area contributed by atoms with Crippen LogP contribution < -0.4 is 10.6 Å². The zero-order valence-corrected chi connectivity index (χ0v) is 17.8. The molecule has 1 aromatic carbocycles. The van der Waals surface area contributed by atoms with E-state index >= 15 is 0 Å². The largest absolute Gasteiger partial charge is 0.356 e. The minimum Gasteiger partial charge on any atom is -0.356 e. The fourth-order valence-corrected chi connectivity index (χ4v) is 3.96. The van der Waals surface area contributed by atoms with Crippen LogP contribution in [0.25, 0.3) is 0 Å². The first-order valence-corrected chi connectivity index (χ1v) is 11.0. The minimum absolute atomic E-state index is 0.562. The first-order chi connectivity index (χ1) is 12.4. The molecule has 0 aliphatic heterocycles. The average Bonchev–Trinajstić information content (AvgIpc) is 2.60. The molecule has 1 aromatic rings. The van der Waals surface area contributed by atoms with Gasteiger partial charge in [0, 0.05) is 61.1 Å². The van der Waals surface area contributed by atoms with Gasteiger partial charge in [-0.3, -0.25) is 14.1 Å². The van der Waals surface area contributed by atoms with E-state index < -0.39 is 10.8 Å². The van der Waals surface area contributed by atoms with E-state index in [1.807, 2.05) is 30.3 Å². The summed E-state index contributed by atoms with van der Waals surface area (Å²) < 4.78 is 12.2. The Kier molecular flexibility index (Phi) is 11.2. The van der Waals surface area contributed by atoms with Crippen molar-refractivity contribution >= 4 is 16.8 Å². The maximum atomic E-state index is 12.2. The number of nitrogens with zero attached hydrogens (tertiary/aromatic N) is 2. The Morgan fingerprint density at radius 3 is 2.27 bits per heavy atom. The Morgan fingerprint density at radius 2 is 1.69 bits per heavy atom. The van der Waals surface area contributed by atoms with Crippen LogP contribution >= 0.6 is 0 Å². The molecule has 2 N–H and O–H groups in total. The monoisotopic (exact) mass is 380 g/mol. The Hall–Kier alpha value is -1.40. The van der Waals surface area contributed by atoms with Gasteiger partial charge in [0.2, 0.25) is 0 Å². The highest BCUT2D eigenvalue weighted by Gasteiger charge is 2.12. The fraction of sp³-hybridized carbons (Fsp3) is 0.650. The van der Waals surface area contributed by atoms with E-state index in [1.165, 1.54) is 0 Å². The Bertz CT molecular complexity index is 538. The first-order valence-electron chi connectivity index (χ1n) is 9.53. The molecular formula is C20H36N4OS. The summed E-state index contributed by atoms with van der Waals surface area (Å²) in [4.78, 5) is 6.73. The van der Waals surface area contributed by atoms with Crippen LogP contribution in [0.1, 0.15) is 39.7 Å². The molecule has 0 heterocycles. The van der Waals surface area contributed by atoms with E-state index in [2.05, 4.69) is 48.2 Å². The van der Waals surface area contributed by atoms with Gasteiger partial charge in [-0.1, -0.05) is 30.3 Å². The number of rotatable bonds is 11. The van der Waals surface area contributed by atoms with Gasteiger partial charge in [-0.25, -0.2) is 0 Å². The molecule has 0 fully saturated rings. The molecule has 148 valence electrons. The quantitative estimate of drug-likeness (QED) is 0.352. The van der Waals surface area contributed by atoms with Crippen LogP contribution in [0.15, 0.2) is 35.3 Å². The summed E-state index contributed by atoms with van der Waals surface area (Å²) in [5.74, 6) is 2.00. The van der Waals surface area contributed by atoms with Crippen molar-refractivity contribution in [3.05, 3.63) is 35.9 Å². The SMILES string of the molecule is CN=C(NCCCN(C(C)C)C(C)C)NCCS(=O)Cc1ccccc1. The van der Waals surface area contributed by atoms with Crippen LogP contribution in [0.4, 0.5) is 0 Å². The lowest BCUT2D eigenvalue weighted by Crippen LogP contribution is -2.42. The first kappa shape index (κ1) is 22.6. The molecule has 1 unspecified atom stereocenters. The highest BCUT2D eigenvalue weighted by Crippen LogP contribution is 2.05. The van der Waals surface area contributed by atoms with E-state index in [0.717, 1.165) is 31.0 Å². The maximum absolute atomic E-state index is 12.2. The van der Waals surface area contributed by atoms with Crippen LogP contribution in [0.2, 0.25) is 0 Å². The van der Waals surface area contributed by atoms with Gasteiger partial charge in [0.05, 0.1) is 0 Å². The predicted molar refractivity (Wildman–Crippen MR) is 114 cm³/mol. The molecule has 0 saturated carbocycles. The molecule has 0 spiro atoms. The van der Waals surface area contributed by atoms with Crippen LogP contribution in [-0.4, -0.2) is 59.6 Å². The summed E-state index contributed by atoms with van der Waals surface area (Å²) in [6.07, 6.45) is 1.07. The summed E-state index contributed by atoms with van der Waals surface area (Å²) in [7, 11) is 0.903. The predicted octanol–water partition coefficient (Wildman–Crippen LogP) is 2.61. The van der Waals surface area contributed by atoms with E-state index in [-0.39, 0.29) is 0 Å². The third-order valence-corrected chi connectivity index (χ3v) is 5.54. The molecule has 0 aliphatic carbocycles. The summed E-state index contributed by atoms with van der Waals surface area (Å²) >= 11 is 0. The summed E-state index contributed by atoms with van der Waals surface area (Å²) in [6, 6.07) is 11.1. The molecule has 0 saturated heterocycles. The lowest BCUT2D eigenvalue weighted by Gasteiger charge is -2.30. The van der Waals surface area contributed by atoms with Crippen LogP contribution in [-0.2, 0) is 16.6 Å². The number of hydrogen-bond donors (Lipinski definition) is 2. The van der Waals surface area contributed by atoms with Crippen molar-refractivity contribution in [2.24, 2.45) is 4.99 Å². The molecule has 0 bridgehead atoms. The van der Waals surface area contributed by atoms with Gasteiger partial charge >= 0.3 is 0 Å². The molecule has 0 aliphatic rings. The molecule has 1 atom stereocenters. The minimum atomic E-state index is -0.865. The van der Waals surface area contributed by atoms with Crippen LogP contribution in [0.3, 0.4) is 0 Å². The Morgan fingerprint density at radius 1 is 1.08 bits per heavy atom. The standard InChI is InChI=1S/C20H36N4OS/c1-17(2)24(18(3)4)14-9-12-22-20(21-5)23-13-15-26(25)16-19-10-7-6-8-11-19/h6-8,10-11,17-18H,9,12-16H2,1-5H3,(H2,21,22,23). The zero-order valence-electron chi connectivity index (χ0n) is 17.0. The van der Waals surface area contributed by atoms with Crippen molar-refractivity contribution in [1.29, 1.82) is 0 Å². The molecular weight excluding hydrogens is 344 g/mol. The van der Waals surface area contributed by atoms with E-state index in [0.29, 0.717) is 30.1 Å². The summed E-state index contributed by atoms with van der Waals surface area (Å²) in [5, 5.41) is 6.59. The van der Waals surface area contributed by atoms with Gasteiger partial charge in [0.1, 0.15) is 0 Å². The second-order valence-corrected chi connectivity index (χ2v) is 8.56. The van der Waals surface area contributed by atoms with Crippen molar-refractivity contribution in [1.82, 2.24) is 15.5 Å². The van der Waals surface area contributed by atoms with Crippen molar-refractivity contribution in [2.75, 3.05) is 32.4 Å². The van der Waals surface area contributed by atoms with Gasteiger partial charge in [-0.2, -0.15) is 0 Å². The third kappa shape index (κ3) is 9.34. The zero-order chi connectivity index (χ0) is 19.4. The lowest BCUT2D eigenvalue weighted by molar-refractivity contribution is 0.173. The fourth-order valence-electron chi connectivity index (χ4n) is 2.92. The summed E-state index contributed by atoms with van der Waals surface area (Å²) in [6.45, 7) is 11.6. The van der Waals surface area contributed by atoms with Crippen molar-refractivity contribution in [3.63, 3.8) is 0 Å². The van der Waals surface area contributed by atoms with Gasteiger partial charge in [0.15, 0.2) is 5.96 Å². The van der Waals surface area contributed by atoms with E-state index in [4.69, 9.17) is 0 Å². The molecule has 5 nitrogen and oxygen atoms in total. The number of hydrogen-bond acceptors (Lipinski definition) is 3. The van der Waals surface area contributed by atoms with Crippen molar-refractivity contribution in [3.8, 4) is 0 Å². The lowest BCUT2D eigenvalue weighted by atomic mass is 10.2. The number of benzene rings is 1. The van der Waals surface area contributed by atoms with Crippen molar-refractivity contribution < 1.29 is 4.21 Å². The molecule has 0 radical (unpaired) electrons. The maximum Gasteiger partial charge on any atom is 0.191 e. The highest BCUT2D eigenvalue weighted by atomic mass is 32.2. The molecule has 0 aromatic heterocycles. The van der Waals surface area contributed by atoms with Gasteiger partial charge < -0.3 is 10.6 Å². The third-order valence-electron chi connectivity index (χ3n) is 4.23. The smallest absolute Gasteiger partial charge is 0.191 e. The number of nitrogens with one attached hydrogen (secondary N) is 2. The van der Waals surface area contributed by atoms with Crippen molar-refractivity contribution in [2.45, 2.75) is 52.0 Å². The normalized spacial score (nSPS) is 13.5. The van der Waals surface area contributed by atoms with E-state index in [9.17, 15) is 4.21 Å². The van der Waals surface area contributed by atoms with Crippen LogP contribution in [0.5, 0.6) is 0 Å². The topological polar surface area (TPSA) is 56.7 Å². The van der Waals surface area contributed by atoms with Gasteiger partial charge in [0.25, 0.3) is 0 Å².